The Morgan fingerprint density at radius 1 is 1.05 bits per heavy atom. The minimum Gasteiger partial charge on any atom is -0.376 e. The van der Waals surface area contributed by atoms with Crippen LogP contribution in [0.25, 0.3) is 0 Å². The molecule has 1 amide bonds. The van der Waals surface area contributed by atoms with Crippen LogP contribution in [0.15, 0.2) is 42.5 Å². The van der Waals surface area contributed by atoms with E-state index in [1.54, 1.807) is 0 Å². The van der Waals surface area contributed by atoms with Crippen molar-refractivity contribution in [1.29, 1.82) is 0 Å². The molecule has 0 aliphatic heterocycles. The van der Waals surface area contributed by atoms with Crippen LogP contribution < -0.4 is 10.6 Å². The highest BCUT2D eigenvalue weighted by Crippen LogP contribution is 2.23. The number of hydrogen-bond donors (Lipinski definition) is 2. The van der Waals surface area contributed by atoms with Crippen molar-refractivity contribution in [2.24, 2.45) is 0 Å². The third-order valence-electron chi connectivity index (χ3n) is 3.68. The van der Waals surface area contributed by atoms with Crippen LogP contribution in [-0.4, -0.2) is 12.5 Å². The molecule has 22 heavy (non-hydrogen) atoms. The van der Waals surface area contributed by atoms with Crippen molar-refractivity contribution in [1.82, 2.24) is 0 Å². The Balaban J connectivity index is 1.99. The van der Waals surface area contributed by atoms with E-state index >= 15 is 0 Å². The Kier molecular flexibility index (Phi) is 5.21. The van der Waals surface area contributed by atoms with Gasteiger partial charge in [-0.2, -0.15) is 0 Å². The Hall–Kier alpha value is -2.29. The molecule has 0 saturated carbocycles. The molecule has 2 aromatic rings. The van der Waals surface area contributed by atoms with Gasteiger partial charge in [0.25, 0.3) is 0 Å². The summed E-state index contributed by atoms with van der Waals surface area (Å²) in [6.45, 7) is 8.61. The smallest absolute Gasteiger partial charge is 0.243 e. The van der Waals surface area contributed by atoms with Crippen LogP contribution in [0, 0.1) is 13.8 Å². The van der Waals surface area contributed by atoms with E-state index in [1.807, 2.05) is 37.3 Å². The first kappa shape index (κ1) is 16.1. The van der Waals surface area contributed by atoms with Crippen LogP contribution in [0.3, 0.4) is 0 Å². The van der Waals surface area contributed by atoms with Gasteiger partial charge in [0.2, 0.25) is 5.91 Å². The third kappa shape index (κ3) is 4.10. The van der Waals surface area contributed by atoms with E-state index in [4.69, 9.17) is 0 Å². The lowest BCUT2D eigenvalue weighted by molar-refractivity contribution is -0.114. The zero-order chi connectivity index (χ0) is 16.1. The molecule has 0 radical (unpaired) electrons. The van der Waals surface area contributed by atoms with Crippen LogP contribution in [-0.2, 0) is 4.79 Å². The van der Waals surface area contributed by atoms with Crippen molar-refractivity contribution in [3.63, 3.8) is 0 Å². The summed E-state index contributed by atoms with van der Waals surface area (Å²) in [5.74, 6) is 0.344. The van der Waals surface area contributed by atoms with E-state index in [0.29, 0.717) is 5.92 Å². The normalized spacial score (nSPS) is 10.6. The summed E-state index contributed by atoms with van der Waals surface area (Å²) < 4.78 is 0. The van der Waals surface area contributed by atoms with Crippen LogP contribution in [0.5, 0.6) is 0 Å². The summed E-state index contributed by atoms with van der Waals surface area (Å²) in [5.41, 5.74) is 5.42. The Labute approximate surface area is 132 Å². The van der Waals surface area contributed by atoms with Crippen molar-refractivity contribution >= 4 is 17.3 Å². The van der Waals surface area contributed by atoms with Crippen molar-refractivity contribution in [3.05, 3.63) is 59.2 Å². The number of amides is 1. The summed E-state index contributed by atoms with van der Waals surface area (Å²) in [6, 6.07) is 14.1. The maximum atomic E-state index is 12.2. The van der Waals surface area contributed by atoms with Gasteiger partial charge in [-0.3, -0.25) is 4.79 Å². The molecule has 0 atom stereocenters. The minimum absolute atomic E-state index is 0.0342. The standard InChI is InChI=1S/C19H24N2O/c1-13(2)16-7-5-6-8-18(16)21-19(22)12-20-17-10-9-14(3)11-15(17)4/h5-11,13,20H,12H2,1-4H3,(H,21,22). The molecule has 2 aromatic carbocycles. The summed E-state index contributed by atoms with van der Waals surface area (Å²) >= 11 is 0. The number of anilines is 2. The summed E-state index contributed by atoms with van der Waals surface area (Å²) in [6.07, 6.45) is 0. The maximum Gasteiger partial charge on any atom is 0.243 e. The van der Waals surface area contributed by atoms with Gasteiger partial charge in [-0.15, -0.1) is 0 Å². The van der Waals surface area contributed by atoms with Gasteiger partial charge in [0.1, 0.15) is 0 Å². The van der Waals surface area contributed by atoms with Crippen LogP contribution in [0.1, 0.15) is 36.5 Å². The minimum atomic E-state index is -0.0342. The molecule has 0 aliphatic rings. The second-order valence-electron chi connectivity index (χ2n) is 5.96. The maximum absolute atomic E-state index is 12.2. The molecule has 2 N–H and O–H groups in total. The fourth-order valence-corrected chi connectivity index (χ4v) is 2.50. The molecule has 0 unspecified atom stereocenters. The van der Waals surface area contributed by atoms with Crippen molar-refractivity contribution in [3.8, 4) is 0 Å². The molecule has 116 valence electrons. The van der Waals surface area contributed by atoms with Gasteiger partial charge in [0.05, 0.1) is 6.54 Å². The summed E-state index contributed by atoms with van der Waals surface area (Å²) in [7, 11) is 0. The van der Waals surface area contributed by atoms with Crippen molar-refractivity contribution in [2.45, 2.75) is 33.6 Å². The Bertz CT molecular complexity index is 662. The Morgan fingerprint density at radius 3 is 2.45 bits per heavy atom. The highest BCUT2D eigenvalue weighted by Gasteiger charge is 2.09. The second-order valence-corrected chi connectivity index (χ2v) is 5.96. The van der Waals surface area contributed by atoms with Gasteiger partial charge in [-0.1, -0.05) is 49.7 Å². The fraction of sp³-hybridized carbons (Fsp3) is 0.316. The number of hydrogen-bond acceptors (Lipinski definition) is 2. The average Bonchev–Trinajstić information content (AvgIpc) is 2.46. The largest absolute Gasteiger partial charge is 0.376 e. The lowest BCUT2D eigenvalue weighted by Crippen LogP contribution is -2.22. The molecule has 3 nitrogen and oxygen atoms in total. The zero-order valence-corrected chi connectivity index (χ0v) is 13.7. The van der Waals surface area contributed by atoms with E-state index in [-0.39, 0.29) is 12.5 Å². The molecule has 0 bridgehead atoms. The quantitative estimate of drug-likeness (QED) is 0.854. The number of benzene rings is 2. The molecule has 0 aromatic heterocycles. The molecule has 0 heterocycles. The number of rotatable bonds is 5. The van der Waals surface area contributed by atoms with E-state index in [0.717, 1.165) is 22.5 Å². The highest BCUT2D eigenvalue weighted by atomic mass is 16.1. The van der Waals surface area contributed by atoms with E-state index in [9.17, 15) is 4.79 Å². The second kappa shape index (κ2) is 7.12. The van der Waals surface area contributed by atoms with Crippen LogP contribution in [0.4, 0.5) is 11.4 Å². The zero-order valence-electron chi connectivity index (χ0n) is 13.7. The van der Waals surface area contributed by atoms with Gasteiger partial charge >= 0.3 is 0 Å². The number of carbonyl (C=O) groups is 1. The molecule has 3 heteroatoms. The predicted octanol–water partition coefficient (Wildman–Crippen LogP) is 4.48. The monoisotopic (exact) mass is 296 g/mol. The molecular formula is C19H24N2O. The number of aryl methyl sites for hydroxylation is 2. The molecule has 0 spiro atoms. The van der Waals surface area contributed by atoms with Gasteiger partial charge < -0.3 is 10.6 Å². The summed E-state index contributed by atoms with van der Waals surface area (Å²) in [4.78, 5) is 12.2. The molecule has 0 saturated heterocycles. The first-order chi connectivity index (χ1) is 10.5. The third-order valence-corrected chi connectivity index (χ3v) is 3.68. The van der Waals surface area contributed by atoms with Gasteiger partial charge in [-0.25, -0.2) is 0 Å². The number of nitrogens with one attached hydrogen (secondary N) is 2. The first-order valence-electron chi connectivity index (χ1n) is 7.67. The molecule has 0 aliphatic carbocycles. The van der Waals surface area contributed by atoms with E-state index < -0.39 is 0 Å². The van der Waals surface area contributed by atoms with E-state index in [1.165, 1.54) is 5.56 Å². The highest BCUT2D eigenvalue weighted by molar-refractivity contribution is 5.94. The van der Waals surface area contributed by atoms with Crippen molar-refractivity contribution < 1.29 is 4.79 Å². The average molecular weight is 296 g/mol. The van der Waals surface area contributed by atoms with E-state index in [2.05, 4.69) is 43.5 Å². The van der Waals surface area contributed by atoms with Gasteiger partial charge in [0.15, 0.2) is 0 Å². The predicted molar refractivity (Wildman–Crippen MR) is 93.6 cm³/mol. The first-order valence-corrected chi connectivity index (χ1v) is 7.67. The number of para-hydroxylation sites is 1. The fourth-order valence-electron chi connectivity index (χ4n) is 2.50. The van der Waals surface area contributed by atoms with Crippen molar-refractivity contribution in [2.75, 3.05) is 17.2 Å². The Morgan fingerprint density at radius 2 is 1.77 bits per heavy atom. The molecule has 0 fully saturated rings. The van der Waals surface area contributed by atoms with Gasteiger partial charge in [-0.05, 0) is 43.0 Å². The van der Waals surface area contributed by atoms with Crippen LogP contribution >= 0.6 is 0 Å². The lowest BCUT2D eigenvalue weighted by Gasteiger charge is -2.14. The number of carbonyl (C=O) groups excluding carboxylic acids is 1. The SMILES string of the molecule is Cc1ccc(NCC(=O)Nc2ccccc2C(C)C)c(C)c1. The lowest BCUT2D eigenvalue weighted by atomic mass is 10.0. The van der Waals surface area contributed by atoms with Gasteiger partial charge in [0, 0.05) is 11.4 Å². The van der Waals surface area contributed by atoms with Crippen LogP contribution in [0.2, 0.25) is 0 Å². The topological polar surface area (TPSA) is 41.1 Å². The molecular weight excluding hydrogens is 272 g/mol. The summed E-state index contributed by atoms with van der Waals surface area (Å²) in [5, 5.41) is 6.19. The molecule has 2 rings (SSSR count).